The summed E-state index contributed by atoms with van der Waals surface area (Å²) in [5, 5.41) is 14.7. The Labute approximate surface area is 144 Å². The highest BCUT2D eigenvalue weighted by Gasteiger charge is 2.19. The van der Waals surface area contributed by atoms with Gasteiger partial charge in [-0.3, -0.25) is 14.9 Å². The van der Waals surface area contributed by atoms with E-state index in [2.05, 4.69) is 10.5 Å². The number of nitrogens with one attached hydrogen (secondary N) is 1. The molecule has 0 unspecified atom stereocenters. The third-order valence-electron chi connectivity index (χ3n) is 3.38. The van der Waals surface area contributed by atoms with Gasteiger partial charge in [0.05, 0.1) is 18.2 Å². The monoisotopic (exact) mass is 343 g/mol. The summed E-state index contributed by atoms with van der Waals surface area (Å²) in [5.41, 5.74) is 3.31. The fourth-order valence-corrected chi connectivity index (χ4v) is 2.18. The molecule has 1 atom stereocenters. The Balaban J connectivity index is 2.13. The number of ether oxygens (including phenoxy) is 2. The van der Waals surface area contributed by atoms with Gasteiger partial charge in [-0.2, -0.15) is 5.10 Å². The van der Waals surface area contributed by atoms with Crippen molar-refractivity contribution in [2.45, 2.75) is 6.10 Å². The number of nitrogens with zero attached hydrogens (tertiary/aromatic N) is 2. The van der Waals surface area contributed by atoms with Gasteiger partial charge in [0.15, 0.2) is 6.10 Å². The number of methoxy groups -OCH3 is 2. The van der Waals surface area contributed by atoms with Crippen LogP contribution in [0.3, 0.4) is 0 Å². The first kappa shape index (κ1) is 18.1. The van der Waals surface area contributed by atoms with E-state index in [9.17, 15) is 14.9 Å². The van der Waals surface area contributed by atoms with Gasteiger partial charge >= 0.3 is 0 Å². The van der Waals surface area contributed by atoms with Gasteiger partial charge in [0, 0.05) is 24.8 Å². The Morgan fingerprint density at radius 3 is 2.56 bits per heavy atom. The summed E-state index contributed by atoms with van der Waals surface area (Å²) < 4.78 is 10.3. The molecule has 25 heavy (non-hydrogen) atoms. The van der Waals surface area contributed by atoms with Crippen molar-refractivity contribution in [2.24, 2.45) is 5.10 Å². The molecule has 0 bridgehead atoms. The van der Waals surface area contributed by atoms with Gasteiger partial charge in [-0.15, -0.1) is 0 Å². The highest BCUT2D eigenvalue weighted by Crippen LogP contribution is 2.22. The van der Waals surface area contributed by atoms with Crippen LogP contribution in [0.4, 0.5) is 5.69 Å². The van der Waals surface area contributed by atoms with Crippen molar-refractivity contribution >= 4 is 17.8 Å². The molecule has 0 saturated carbocycles. The summed E-state index contributed by atoms with van der Waals surface area (Å²) in [5.74, 6) is -0.0655. The third kappa shape index (κ3) is 4.61. The summed E-state index contributed by atoms with van der Waals surface area (Å²) in [6.45, 7) is 0. The standard InChI is InChI=1S/C17H17N3O5/c1-24-15-9-8-14(20(22)23)10-13(15)11-18-19-17(21)16(25-2)12-6-4-3-5-7-12/h3-11,16H,1-2H3,(H,19,21)/b18-11-/t16-/m0/s1. The molecule has 130 valence electrons. The lowest BCUT2D eigenvalue weighted by Crippen LogP contribution is -2.26. The van der Waals surface area contributed by atoms with E-state index in [1.165, 1.54) is 38.6 Å². The van der Waals surface area contributed by atoms with E-state index in [1.54, 1.807) is 24.3 Å². The smallest absolute Gasteiger partial charge is 0.273 e. The van der Waals surface area contributed by atoms with Crippen molar-refractivity contribution in [1.29, 1.82) is 0 Å². The lowest BCUT2D eigenvalue weighted by molar-refractivity contribution is -0.384. The number of nitro benzene ring substituents is 1. The lowest BCUT2D eigenvalue weighted by Gasteiger charge is -2.13. The van der Waals surface area contributed by atoms with Crippen LogP contribution in [0.25, 0.3) is 0 Å². The molecule has 0 fully saturated rings. The second kappa shape index (κ2) is 8.55. The number of hydrazone groups is 1. The van der Waals surface area contributed by atoms with Gasteiger partial charge in [-0.05, 0) is 11.6 Å². The Morgan fingerprint density at radius 1 is 1.24 bits per heavy atom. The molecule has 2 rings (SSSR count). The van der Waals surface area contributed by atoms with Gasteiger partial charge in [-0.1, -0.05) is 30.3 Å². The SMILES string of the molecule is COc1ccc([N+](=O)[O-])cc1/C=N\NC(=O)[C@@H](OC)c1ccccc1. The second-order valence-corrected chi connectivity index (χ2v) is 4.94. The minimum atomic E-state index is -0.814. The summed E-state index contributed by atoms with van der Waals surface area (Å²) >= 11 is 0. The van der Waals surface area contributed by atoms with E-state index in [0.717, 1.165) is 0 Å². The highest BCUT2D eigenvalue weighted by molar-refractivity contribution is 5.87. The maximum atomic E-state index is 12.2. The first-order valence-electron chi connectivity index (χ1n) is 7.30. The minimum absolute atomic E-state index is 0.104. The van der Waals surface area contributed by atoms with Crippen LogP contribution in [0.1, 0.15) is 17.2 Å². The zero-order chi connectivity index (χ0) is 18.2. The molecule has 0 spiro atoms. The molecule has 8 nitrogen and oxygen atoms in total. The van der Waals surface area contributed by atoms with E-state index in [1.807, 2.05) is 6.07 Å². The summed E-state index contributed by atoms with van der Waals surface area (Å²) in [6.07, 6.45) is 0.465. The first-order valence-corrected chi connectivity index (χ1v) is 7.30. The molecular formula is C17H17N3O5. The van der Waals surface area contributed by atoms with Crippen LogP contribution in [0.15, 0.2) is 53.6 Å². The van der Waals surface area contributed by atoms with Crippen molar-refractivity contribution in [3.63, 3.8) is 0 Å². The number of non-ortho nitro benzene ring substituents is 1. The molecule has 0 radical (unpaired) electrons. The molecule has 0 aliphatic rings. The van der Waals surface area contributed by atoms with Crippen LogP contribution in [-0.4, -0.2) is 31.3 Å². The molecule has 0 heterocycles. The molecular weight excluding hydrogens is 326 g/mol. The zero-order valence-electron chi connectivity index (χ0n) is 13.7. The molecule has 2 aromatic carbocycles. The zero-order valence-corrected chi connectivity index (χ0v) is 13.7. The molecule has 2 aromatic rings. The Morgan fingerprint density at radius 2 is 1.96 bits per heavy atom. The number of benzene rings is 2. The van der Waals surface area contributed by atoms with E-state index >= 15 is 0 Å². The largest absolute Gasteiger partial charge is 0.496 e. The first-order chi connectivity index (χ1) is 12.1. The van der Waals surface area contributed by atoms with Crippen LogP contribution in [-0.2, 0) is 9.53 Å². The molecule has 8 heteroatoms. The van der Waals surface area contributed by atoms with Crippen LogP contribution in [0.5, 0.6) is 5.75 Å². The summed E-state index contributed by atoms with van der Waals surface area (Å²) in [4.78, 5) is 22.5. The fraction of sp³-hybridized carbons (Fsp3) is 0.176. The molecule has 0 aliphatic heterocycles. The molecule has 1 amide bonds. The maximum absolute atomic E-state index is 12.2. The number of amides is 1. The van der Waals surface area contributed by atoms with Gasteiger partial charge in [-0.25, -0.2) is 5.43 Å². The number of carbonyl (C=O) groups excluding carboxylic acids is 1. The van der Waals surface area contributed by atoms with Gasteiger partial charge < -0.3 is 9.47 Å². The van der Waals surface area contributed by atoms with Gasteiger partial charge in [0.1, 0.15) is 5.75 Å². The van der Waals surface area contributed by atoms with E-state index in [4.69, 9.17) is 9.47 Å². The Hall–Kier alpha value is -3.26. The lowest BCUT2D eigenvalue weighted by atomic mass is 10.1. The highest BCUT2D eigenvalue weighted by atomic mass is 16.6. The van der Waals surface area contributed by atoms with Crippen molar-refractivity contribution < 1.29 is 19.2 Å². The Bertz CT molecular complexity index is 777. The van der Waals surface area contributed by atoms with Gasteiger partial charge in [0.2, 0.25) is 0 Å². The third-order valence-corrected chi connectivity index (χ3v) is 3.38. The van der Waals surface area contributed by atoms with E-state index < -0.39 is 16.9 Å². The predicted molar refractivity (Wildman–Crippen MR) is 91.6 cm³/mol. The summed E-state index contributed by atoms with van der Waals surface area (Å²) in [6, 6.07) is 13.1. The summed E-state index contributed by atoms with van der Waals surface area (Å²) in [7, 11) is 2.86. The molecule has 0 aromatic heterocycles. The molecule has 1 N–H and O–H groups in total. The maximum Gasteiger partial charge on any atom is 0.273 e. The quantitative estimate of drug-likeness (QED) is 0.472. The second-order valence-electron chi connectivity index (χ2n) is 4.94. The number of hydrogen-bond donors (Lipinski definition) is 1. The van der Waals surface area contributed by atoms with Crippen LogP contribution in [0.2, 0.25) is 0 Å². The number of nitro groups is 1. The number of rotatable bonds is 7. The minimum Gasteiger partial charge on any atom is -0.496 e. The van der Waals surface area contributed by atoms with E-state index in [-0.39, 0.29) is 5.69 Å². The molecule has 0 saturated heterocycles. The Kier molecular flexibility index (Phi) is 6.19. The van der Waals surface area contributed by atoms with Crippen molar-refractivity contribution in [1.82, 2.24) is 5.43 Å². The van der Waals surface area contributed by atoms with Crippen molar-refractivity contribution in [3.8, 4) is 5.75 Å². The predicted octanol–water partition coefficient (Wildman–Crippen LogP) is 2.44. The number of carbonyl (C=O) groups is 1. The average molecular weight is 343 g/mol. The fourth-order valence-electron chi connectivity index (χ4n) is 2.18. The molecule has 0 aliphatic carbocycles. The topological polar surface area (TPSA) is 103 Å². The van der Waals surface area contributed by atoms with Crippen LogP contribution < -0.4 is 10.2 Å². The van der Waals surface area contributed by atoms with Gasteiger partial charge in [0.25, 0.3) is 11.6 Å². The average Bonchev–Trinajstić information content (AvgIpc) is 2.63. The van der Waals surface area contributed by atoms with E-state index in [0.29, 0.717) is 16.9 Å². The van der Waals surface area contributed by atoms with Crippen LogP contribution >= 0.6 is 0 Å². The van der Waals surface area contributed by atoms with Crippen molar-refractivity contribution in [2.75, 3.05) is 14.2 Å². The number of hydrogen-bond acceptors (Lipinski definition) is 6. The van der Waals surface area contributed by atoms with Crippen LogP contribution in [0, 0.1) is 10.1 Å². The normalized spacial score (nSPS) is 11.9. The van der Waals surface area contributed by atoms with Crippen molar-refractivity contribution in [3.05, 3.63) is 69.8 Å².